The lowest BCUT2D eigenvalue weighted by Gasteiger charge is -2.20. The summed E-state index contributed by atoms with van der Waals surface area (Å²) in [6, 6.07) is 11.9. The summed E-state index contributed by atoms with van der Waals surface area (Å²) >= 11 is 1.31. The highest BCUT2D eigenvalue weighted by Gasteiger charge is 2.26. The largest absolute Gasteiger partial charge is 0.342 e. The Labute approximate surface area is 171 Å². The molecule has 4 rings (SSSR count). The van der Waals surface area contributed by atoms with E-state index in [2.05, 4.69) is 10.2 Å². The molecule has 0 unspecified atom stereocenters. The minimum Gasteiger partial charge on any atom is -0.342 e. The highest BCUT2D eigenvalue weighted by molar-refractivity contribution is 8.00. The molecule has 0 N–H and O–H groups in total. The van der Waals surface area contributed by atoms with E-state index in [1.54, 1.807) is 28.8 Å². The maximum absolute atomic E-state index is 13.4. The summed E-state index contributed by atoms with van der Waals surface area (Å²) in [7, 11) is 0. The number of benzene rings is 2. The molecule has 0 aliphatic carbocycles. The number of carbonyl (C=O) groups is 1. The molecule has 5 nitrogen and oxygen atoms in total. The van der Waals surface area contributed by atoms with Crippen LogP contribution in [-0.4, -0.2) is 43.9 Å². The van der Waals surface area contributed by atoms with E-state index >= 15 is 0 Å². The van der Waals surface area contributed by atoms with Crippen molar-refractivity contribution in [2.45, 2.75) is 30.2 Å². The van der Waals surface area contributed by atoms with Gasteiger partial charge in [0.1, 0.15) is 11.6 Å². The monoisotopic (exact) mass is 414 g/mol. The SMILES string of the molecule is C[C@H](Sc1nnc(-c2ccc(F)cc2)n1-c1ccc(F)cc1)C(=O)N1CCCC1. The van der Waals surface area contributed by atoms with Gasteiger partial charge in [-0.2, -0.15) is 0 Å². The van der Waals surface area contributed by atoms with Crippen LogP contribution in [0, 0.1) is 11.6 Å². The Balaban J connectivity index is 1.70. The van der Waals surface area contributed by atoms with E-state index in [4.69, 9.17) is 0 Å². The average Bonchev–Trinajstić information content (AvgIpc) is 3.39. The molecule has 0 saturated carbocycles. The molecule has 0 radical (unpaired) electrons. The number of aromatic nitrogens is 3. The van der Waals surface area contributed by atoms with Crippen LogP contribution < -0.4 is 0 Å². The number of carbonyl (C=O) groups excluding carboxylic acids is 1. The van der Waals surface area contributed by atoms with Crippen LogP contribution >= 0.6 is 11.8 Å². The van der Waals surface area contributed by atoms with Crippen molar-refractivity contribution < 1.29 is 13.6 Å². The molecular weight excluding hydrogens is 394 g/mol. The number of hydrogen-bond donors (Lipinski definition) is 0. The molecule has 1 aromatic heterocycles. The van der Waals surface area contributed by atoms with Gasteiger partial charge in [-0.15, -0.1) is 10.2 Å². The van der Waals surface area contributed by atoms with Crippen molar-refractivity contribution >= 4 is 17.7 Å². The average molecular weight is 414 g/mol. The minimum atomic E-state index is -0.350. The van der Waals surface area contributed by atoms with Crippen LogP contribution in [0.4, 0.5) is 8.78 Å². The van der Waals surface area contributed by atoms with Crippen LogP contribution in [0.25, 0.3) is 17.1 Å². The third-order valence-corrected chi connectivity index (χ3v) is 5.90. The normalized spacial score (nSPS) is 14.9. The smallest absolute Gasteiger partial charge is 0.235 e. The predicted molar refractivity (Wildman–Crippen MR) is 108 cm³/mol. The summed E-state index contributed by atoms with van der Waals surface area (Å²) in [5, 5.41) is 8.74. The number of hydrogen-bond acceptors (Lipinski definition) is 4. The van der Waals surface area contributed by atoms with E-state index in [1.165, 1.54) is 36.0 Å². The Kier molecular flexibility index (Phi) is 5.62. The van der Waals surface area contributed by atoms with Crippen molar-refractivity contribution in [3.63, 3.8) is 0 Å². The maximum atomic E-state index is 13.4. The molecule has 1 amide bonds. The van der Waals surface area contributed by atoms with Crippen LogP contribution in [0.1, 0.15) is 19.8 Å². The van der Waals surface area contributed by atoms with Gasteiger partial charge in [0.25, 0.3) is 0 Å². The van der Waals surface area contributed by atoms with Gasteiger partial charge in [0.2, 0.25) is 5.91 Å². The van der Waals surface area contributed by atoms with Crippen molar-refractivity contribution in [2.75, 3.05) is 13.1 Å². The lowest BCUT2D eigenvalue weighted by molar-refractivity contribution is -0.129. The molecule has 1 aliphatic rings. The lowest BCUT2D eigenvalue weighted by Crippen LogP contribution is -2.34. The van der Waals surface area contributed by atoms with Gasteiger partial charge in [-0.1, -0.05) is 11.8 Å². The second-order valence-corrected chi connectivity index (χ2v) is 8.23. The molecular formula is C21H20F2N4OS. The van der Waals surface area contributed by atoms with E-state index in [0.29, 0.717) is 22.2 Å². The minimum absolute atomic E-state index is 0.0736. The van der Waals surface area contributed by atoms with Gasteiger partial charge in [0.15, 0.2) is 11.0 Å². The number of rotatable bonds is 5. The van der Waals surface area contributed by atoms with Crippen LogP contribution in [0.15, 0.2) is 53.7 Å². The topological polar surface area (TPSA) is 51.0 Å². The number of thioether (sulfide) groups is 1. The Morgan fingerprint density at radius 2 is 1.55 bits per heavy atom. The Morgan fingerprint density at radius 1 is 0.966 bits per heavy atom. The third kappa shape index (κ3) is 4.17. The molecule has 2 aromatic carbocycles. The summed E-state index contributed by atoms with van der Waals surface area (Å²) in [4.78, 5) is 14.6. The fourth-order valence-corrected chi connectivity index (χ4v) is 4.31. The molecule has 150 valence electrons. The fraction of sp³-hybridized carbons (Fsp3) is 0.286. The van der Waals surface area contributed by atoms with Crippen LogP contribution in [0.3, 0.4) is 0 Å². The van der Waals surface area contributed by atoms with Gasteiger partial charge in [0, 0.05) is 24.3 Å². The van der Waals surface area contributed by atoms with Crippen LogP contribution in [0.2, 0.25) is 0 Å². The van der Waals surface area contributed by atoms with Crippen LogP contribution in [0.5, 0.6) is 0 Å². The Hall–Kier alpha value is -2.74. The highest BCUT2D eigenvalue weighted by atomic mass is 32.2. The Morgan fingerprint density at radius 3 is 2.17 bits per heavy atom. The number of halogens is 2. The number of amides is 1. The standard InChI is InChI=1S/C21H20F2N4OS/c1-14(20(28)26-12-2-3-13-26)29-21-25-24-19(15-4-6-16(22)7-5-15)27(21)18-10-8-17(23)9-11-18/h4-11,14H,2-3,12-13H2,1H3/t14-/m0/s1. The van der Waals surface area contributed by atoms with Gasteiger partial charge in [0.05, 0.1) is 5.25 Å². The zero-order chi connectivity index (χ0) is 20.4. The molecule has 1 fully saturated rings. The maximum Gasteiger partial charge on any atom is 0.235 e. The summed E-state index contributed by atoms with van der Waals surface area (Å²) in [6.07, 6.45) is 2.06. The van der Waals surface area contributed by atoms with E-state index in [-0.39, 0.29) is 22.8 Å². The van der Waals surface area contributed by atoms with E-state index in [9.17, 15) is 13.6 Å². The van der Waals surface area contributed by atoms with E-state index in [1.807, 2.05) is 11.8 Å². The first-order valence-electron chi connectivity index (χ1n) is 9.45. The first-order valence-corrected chi connectivity index (χ1v) is 10.3. The van der Waals surface area contributed by atoms with E-state index in [0.717, 1.165) is 25.9 Å². The molecule has 1 saturated heterocycles. The molecule has 3 aromatic rings. The quantitative estimate of drug-likeness (QED) is 0.584. The van der Waals surface area contributed by atoms with Crippen molar-refractivity contribution in [1.29, 1.82) is 0 Å². The van der Waals surface area contributed by atoms with Crippen molar-refractivity contribution in [2.24, 2.45) is 0 Å². The second-order valence-electron chi connectivity index (χ2n) is 6.92. The molecule has 0 bridgehead atoms. The first-order chi connectivity index (χ1) is 14.0. The van der Waals surface area contributed by atoms with E-state index < -0.39 is 0 Å². The second kappa shape index (κ2) is 8.32. The summed E-state index contributed by atoms with van der Waals surface area (Å²) in [5.74, 6) is -0.123. The van der Waals surface area contributed by atoms with Crippen LogP contribution in [-0.2, 0) is 4.79 Å². The highest BCUT2D eigenvalue weighted by Crippen LogP contribution is 2.31. The third-order valence-electron chi connectivity index (χ3n) is 4.87. The molecule has 2 heterocycles. The van der Waals surface area contributed by atoms with Crippen molar-refractivity contribution in [3.05, 3.63) is 60.2 Å². The van der Waals surface area contributed by atoms with Crippen molar-refractivity contribution in [3.8, 4) is 17.1 Å². The zero-order valence-electron chi connectivity index (χ0n) is 15.9. The fourth-order valence-electron chi connectivity index (χ4n) is 3.36. The van der Waals surface area contributed by atoms with Gasteiger partial charge >= 0.3 is 0 Å². The summed E-state index contributed by atoms with van der Waals surface area (Å²) < 4.78 is 28.6. The predicted octanol–water partition coefficient (Wildman–Crippen LogP) is 4.32. The molecule has 29 heavy (non-hydrogen) atoms. The summed E-state index contributed by atoms with van der Waals surface area (Å²) in [6.45, 7) is 3.43. The molecule has 8 heteroatoms. The molecule has 1 aliphatic heterocycles. The van der Waals surface area contributed by atoms with Gasteiger partial charge in [-0.05, 0) is 68.3 Å². The van der Waals surface area contributed by atoms with Crippen molar-refractivity contribution in [1.82, 2.24) is 19.7 Å². The number of nitrogens with zero attached hydrogens (tertiary/aromatic N) is 4. The molecule has 0 spiro atoms. The zero-order valence-corrected chi connectivity index (χ0v) is 16.7. The van der Waals surface area contributed by atoms with Gasteiger partial charge in [-0.3, -0.25) is 9.36 Å². The lowest BCUT2D eigenvalue weighted by atomic mass is 10.2. The Bertz CT molecular complexity index is 999. The first kappa shape index (κ1) is 19.6. The number of likely N-dealkylation sites (tertiary alicyclic amines) is 1. The molecule has 1 atom stereocenters. The van der Waals surface area contributed by atoms with Gasteiger partial charge < -0.3 is 4.90 Å². The van der Waals surface area contributed by atoms with Gasteiger partial charge in [-0.25, -0.2) is 8.78 Å². The summed E-state index contributed by atoms with van der Waals surface area (Å²) in [5.41, 5.74) is 1.34.